The summed E-state index contributed by atoms with van der Waals surface area (Å²) in [6, 6.07) is 14.0. The minimum Gasteiger partial charge on any atom is -0.292 e. The van der Waals surface area contributed by atoms with E-state index < -0.39 is 0 Å². The summed E-state index contributed by atoms with van der Waals surface area (Å²) in [5.74, 6) is 0. The van der Waals surface area contributed by atoms with Crippen LogP contribution in [0.3, 0.4) is 0 Å². The van der Waals surface area contributed by atoms with Crippen LogP contribution in [0.2, 0.25) is 0 Å². The molecule has 5 nitrogen and oxygen atoms in total. The maximum Gasteiger partial charge on any atom is 0.282 e. The Morgan fingerprint density at radius 3 is 2.69 bits per heavy atom. The highest BCUT2D eigenvalue weighted by Crippen LogP contribution is 2.24. The van der Waals surface area contributed by atoms with E-state index in [0.717, 1.165) is 40.2 Å². The molecule has 0 saturated carbocycles. The molecule has 0 unspecified atom stereocenters. The number of aromatic amines is 1. The number of aromatic nitrogens is 3. The first-order valence-corrected chi connectivity index (χ1v) is 10.6. The number of nitrogens with one attached hydrogen (secondary N) is 1. The monoisotopic (exact) mass is 404 g/mol. The highest BCUT2D eigenvalue weighted by atomic mass is 32.1. The molecule has 0 aliphatic carbocycles. The molecule has 0 radical (unpaired) electrons. The van der Waals surface area contributed by atoms with Crippen molar-refractivity contribution in [2.75, 3.05) is 0 Å². The van der Waals surface area contributed by atoms with Crippen LogP contribution in [0.15, 0.2) is 52.3 Å². The lowest BCUT2D eigenvalue weighted by Gasteiger charge is -2.03. The first kappa shape index (κ1) is 19.3. The summed E-state index contributed by atoms with van der Waals surface area (Å²) < 4.78 is 2.62. The van der Waals surface area contributed by atoms with Crippen molar-refractivity contribution in [3.8, 4) is 5.13 Å². The van der Waals surface area contributed by atoms with Gasteiger partial charge in [0.2, 0.25) is 5.13 Å². The molecule has 29 heavy (non-hydrogen) atoms. The van der Waals surface area contributed by atoms with Gasteiger partial charge in [-0.25, -0.2) is 4.98 Å². The molecule has 1 N–H and O–H groups in total. The SMILES string of the molecule is CCCc1[nH]n(-c2nc3ccccc3s2)c(=O)c1C(C)=Nc1ccc(C)c(C)c1. The van der Waals surface area contributed by atoms with Crippen LogP contribution in [0, 0.1) is 13.8 Å². The first-order chi connectivity index (χ1) is 14.0. The predicted octanol–water partition coefficient (Wildman–Crippen LogP) is 5.49. The van der Waals surface area contributed by atoms with E-state index in [9.17, 15) is 4.79 Å². The Morgan fingerprint density at radius 2 is 1.97 bits per heavy atom. The lowest BCUT2D eigenvalue weighted by molar-refractivity contribution is 0.790. The molecule has 0 bridgehead atoms. The van der Waals surface area contributed by atoms with Crippen LogP contribution in [-0.4, -0.2) is 20.5 Å². The summed E-state index contributed by atoms with van der Waals surface area (Å²) in [4.78, 5) is 22.7. The largest absolute Gasteiger partial charge is 0.292 e. The van der Waals surface area contributed by atoms with E-state index in [1.165, 1.54) is 22.5 Å². The van der Waals surface area contributed by atoms with Crippen LogP contribution in [0.1, 0.15) is 42.7 Å². The second-order valence-electron chi connectivity index (χ2n) is 7.29. The van der Waals surface area contributed by atoms with Gasteiger partial charge in [-0.05, 0) is 62.6 Å². The van der Waals surface area contributed by atoms with Crippen molar-refractivity contribution in [2.45, 2.75) is 40.5 Å². The van der Waals surface area contributed by atoms with Crippen LogP contribution < -0.4 is 5.56 Å². The molecule has 148 valence electrons. The van der Waals surface area contributed by atoms with Crippen LogP contribution in [0.5, 0.6) is 0 Å². The minimum absolute atomic E-state index is 0.0995. The van der Waals surface area contributed by atoms with Crippen molar-refractivity contribution in [3.05, 3.63) is 75.2 Å². The highest BCUT2D eigenvalue weighted by molar-refractivity contribution is 7.20. The molecule has 0 spiro atoms. The third kappa shape index (κ3) is 3.68. The zero-order chi connectivity index (χ0) is 20.5. The van der Waals surface area contributed by atoms with Gasteiger partial charge in [-0.1, -0.05) is 42.9 Å². The number of nitrogens with zero attached hydrogens (tertiary/aromatic N) is 3. The third-order valence-corrected chi connectivity index (χ3v) is 6.11. The molecule has 6 heteroatoms. The van der Waals surface area contributed by atoms with Gasteiger partial charge in [0.1, 0.15) is 0 Å². The van der Waals surface area contributed by atoms with Crippen molar-refractivity contribution < 1.29 is 0 Å². The number of hydrogen-bond acceptors (Lipinski definition) is 4. The van der Waals surface area contributed by atoms with Gasteiger partial charge in [0.25, 0.3) is 5.56 Å². The maximum atomic E-state index is 13.3. The lowest BCUT2D eigenvalue weighted by Crippen LogP contribution is -2.19. The fourth-order valence-corrected chi connectivity index (χ4v) is 4.35. The van der Waals surface area contributed by atoms with Crippen molar-refractivity contribution in [3.63, 3.8) is 0 Å². The number of aliphatic imine (C=N–C) groups is 1. The zero-order valence-corrected chi connectivity index (χ0v) is 17.9. The number of aryl methyl sites for hydroxylation is 3. The normalized spacial score (nSPS) is 12.1. The molecule has 0 saturated heterocycles. The highest BCUT2D eigenvalue weighted by Gasteiger charge is 2.19. The standard InChI is InChI=1S/C23H24N4OS/c1-5-8-19-21(16(4)24-17-12-11-14(2)15(3)13-17)22(28)27(26-19)23-25-18-9-6-7-10-20(18)29-23/h6-7,9-13,26H,5,8H2,1-4H3. The van der Waals surface area contributed by atoms with Crippen LogP contribution >= 0.6 is 11.3 Å². The second-order valence-corrected chi connectivity index (χ2v) is 8.29. The Balaban J connectivity index is 1.83. The van der Waals surface area contributed by atoms with Crippen molar-refractivity contribution >= 4 is 33.0 Å². The second kappa shape index (κ2) is 7.79. The summed E-state index contributed by atoms with van der Waals surface area (Å²) >= 11 is 1.50. The van der Waals surface area contributed by atoms with Gasteiger partial charge in [-0.3, -0.25) is 14.9 Å². The minimum atomic E-state index is -0.0995. The van der Waals surface area contributed by atoms with E-state index >= 15 is 0 Å². The Labute approximate surface area is 173 Å². The molecule has 0 aliphatic rings. The molecule has 0 atom stereocenters. The van der Waals surface area contributed by atoms with Gasteiger partial charge in [0, 0.05) is 5.69 Å². The fourth-order valence-electron chi connectivity index (χ4n) is 3.42. The number of fused-ring (bicyclic) bond motifs is 1. The molecule has 0 fully saturated rings. The predicted molar refractivity (Wildman–Crippen MR) is 121 cm³/mol. The van der Waals surface area contributed by atoms with E-state index in [1.807, 2.05) is 37.3 Å². The quantitative estimate of drug-likeness (QED) is 0.447. The van der Waals surface area contributed by atoms with Gasteiger partial charge >= 0.3 is 0 Å². The molecule has 0 aliphatic heterocycles. The molecule has 4 aromatic rings. The molecule has 4 rings (SSSR count). The number of thiazole rings is 1. The number of para-hydroxylation sites is 1. The van der Waals surface area contributed by atoms with Gasteiger partial charge in [-0.2, -0.15) is 4.68 Å². The van der Waals surface area contributed by atoms with Crippen LogP contribution in [-0.2, 0) is 6.42 Å². The maximum absolute atomic E-state index is 13.3. The Morgan fingerprint density at radius 1 is 1.17 bits per heavy atom. The Bertz CT molecular complexity index is 1240. The fraction of sp³-hybridized carbons (Fsp3) is 0.261. The molecule has 0 amide bonds. The van der Waals surface area contributed by atoms with Crippen LogP contribution in [0.4, 0.5) is 5.69 Å². The molecular formula is C23H24N4OS. The van der Waals surface area contributed by atoms with Crippen LogP contribution in [0.25, 0.3) is 15.3 Å². The van der Waals surface area contributed by atoms with E-state index in [1.54, 1.807) is 4.68 Å². The van der Waals surface area contributed by atoms with Gasteiger partial charge in [0.15, 0.2) is 0 Å². The Kier molecular flexibility index (Phi) is 5.20. The van der Waals surface area contributed by atoms with E-state index in [-0.39, 0.29) is 5.56 Å². The third-order valence-electron chi connectivity index (χ3n) is 5.09. The summed E-state index contributed by atoms with van der Waals surface area (Å²) in [6.45, 7) is 8.16. The summed E-state index contributed by atoms with van der Waals surface area (Å²) in [5, 5.41) is 3.94. The number of rotatable bonds is 5. The first-order valence-electron chi connectivity index (χ1n) is 9.80. The van der Waals surface area contributed by atoms with Gasteiger partial charge in [0.05, 0.1) is 27.2 Å². The lowest BCUT2D eigenvalue weighted by atomic mass is 10.1. The number of hydrogen-bond donors (Lipinski definition) is 1. The topological polar surface area (TPSA) is 63.0 Å². The number of H-pyrrole nitrogens is 1. The summed E-state index contributed by atoms with van der Waals surface area (Å²) in [5.41, 5.74) is 6.34. The molecule has 2 heterocycles. The van der Waals surface area contributed by atoms with Gasteiger partial charge < -0.3 is 0 Å². The van der Waals surface area contributed by atoms with Gasteiger partial charge in [-0.15, -0.1) is 0 Å². The average Bonchev–Trinajstić information content (AvgIpc) is 3.26. The molecule has 2 aromatic carbocycles. The van der Waals surface area contributed by atoms with E-state index in [0.29, 0.717) is 10.7 Å². The molecular weight excluding hydrogens is 380 g/mol. The average molecular weight is 405 g/mol. The smallest absolute Gasteiger partial charge is 0.282 e. The Hall–Kier alpha value is -2.99. The van der Waals surface area contributed by atoms with Crippen molar-refractivity contribution in [1.82, 2.24) is 14.8 Å². The molecule has 2 aromatic heterocycles. The summed E-state index contributed by atoms with van der Waals surface area (Å²) in [6.07, 6.45) is 1.71. The van der Waals surface area contributed by atoms with E-state index in [2.05, 4.69) is 43.0 Å². The van der Waals surface area contributed by atoms with E-state index in [4.69, 9.17) is 4.99 Å². The zero-order valence-electron chi connectivity index (χ0n) is 17.1. The van der Waals surface area contributed by atoms with Crippen molar-refractivity contribution in [2.24, 2.45) is 4.99 Å². The van der Waals surface area contributed by atoms with Crippen molar-refractivity contribution in [1.29, 1.82) is 0 Å². The summed E-state index contributed by atoms with van der Waals surface area (Å²) in [7, 11) is 0. The number of benzene rings is 2.